The molecule has 0 saturated carbocycles. The fraction of sp³-hybridized carbons (Fsp3) is 0.250. The maximum Gasteiger partial charge on any atom is 0.308 e. The summed E-state index contributed by atoms with van der Waals surface area (Å²) in [6.07, 6.45) is 1.73. The molecule has 4 nitrogen and oxygen atoms in total. The Bertz CT molecular complexity index is 448. The van der Waals surface area contributed by atoms with E-state index in [0.29, 0.717) is 23.9 Å². The van der Waals surface area contributed by atoms with E-state index in [9.17, 15) is 4.79 Å². The summed E-state index contributed by atoms with van der Waals surface area (Å²) in [6.45, 7) is 1.78. The summed E-state index contributed by atoms with van der Waals surface area (Å²) in [6, 6.07) is 5.38. The average molecular weight is 220 g/mol. The van der Waals surface area contributed by atoms with Crippen LogP contribution in [0.5, 0.6) is 11.5 Å². The van der Waals surface area contributed by atoms with E-state index in [0.717, 1.165) is 5.56 Å². The quantitative estimate of drug-likeness (QED) is 0.715. The summed E-state index contributed by atoms with van der Waals surface area (Å²) in [5.74, 6) is 1.57. The van der Waals surface area contributed by atoms with Crippen molar-refractivity contribution in [1.29, 1.82) is 0 Å². The van der Waals surface area contributed by atoms with Gasteiger partial charge in [-0.1, -0.05) is 0 Å². The van der Waals surface area contributed by atoms with Gasteiger partial charge in [0.2, 0.25) is 0 Å². The van der Waals surface area contributed by atoms with Crippen molar-refractivity contribution >= 4 is 11.7 Å². The number of benzene rings is 1. The molecule has 1 aliphatic heterocycles. The van der Waals surface area contributed by atoms with Gasteiger partial charge in [-0.05, 0) is 24.3 Å². The molecule has 0 aliphatic carbocycles. The Kier molecular flexibility index (Phi) is 2.81. The minimum Gasteiger partial charge on any atom is -0.497 e. The van der Waals surface area contributed by atoms with Gasteiger partial charge in [-0.15, -0.1) is 0 Å². The van der Waals surface area contributed by atoms with E-state index >= 15 is 0 Å². The highest BCUT2D eigenvalue weighted by molar-refractivity contribution is 5.79. The molecule has 0 amide bonds. The van der Waals surface area contributed by atoms with Crippen molar-refractivity contribution in [3.05, 3.63) is 29.8 Å². The summed E-state index contributed by atoms with van der Waals surface area (Å²) in [5.41, 5.74) is 0.737. The van der Waals surface area contributed by atoms with Crippen molar-refractivity contribution in [2.75, 3.05) is 13.7 Å². The normalized spacial score (nSPS) is 13.2. The van der Waals surface area contributed by atoms with Crippen molar-refractivity contribution in [2.24, 2.45) is 0 Å². The van der Waals surface area contributed by atoms with E-state index in [-0.39, 0.29) is 5.97 Å². The Morgan fingerprint density at radius 1 is 1.44 bits per heavy atom. The van der Waals surface area contributed by atoms with Gasteiger partial charge in [0.1, 0.15) is 23.9 Å². The molecule has 0 atom stereocenters. The standard InChI is InChI=1S/C12H12O4/c1-8(13)16-12-5-6-15-11-4-3-9(14-2)7-10(11)12/h3-5,7H,6H2,1-2H3. The number of carbonyl (C=O) groups excluding carboxylic acids is 1. The number of fused-ring (bicyclic) bond motifs is 1. The highest BCUT2D eigenvalue weighted by atomic mass is 16.5. The summed E-state index contributed by atoms with van der Waals surface area (Å²) in [4.78, 5) is 10.9. The fourth-order valence-electron chi connectivity index (χ4n) is 1.52. The molecule has 0 N–H and O–H groups in total. The Hall–Kier alpha value is -1.97. The molecule has 0 unspecified atom stereocenters. The molecule has 1 aromatic carbocycles. The van der Waals surface area contributed by atoms with Crippen LogP contribution in [-0.4, -0.2) is 19.7 Å². The van der Waals surface area contributed by atoms with Crippen molar-refractivity contribution in [2.45, 2.75) is 6.92 Å². The number of methoxy groups -OCH3 is 1. The maximum absolute atomic E-state index is 10.9. The summed E-state index contributed by atoms with van der Waals surface area (Å²) < 4.78 is 15.6. The van der Waals surface area contributed by atoms with Gasteiger partial charge in [-0.25, -0.2) is 0 Å². The van der Waals surface area contributed by atoms with Gasteiger partial charge >= 0.3 is 5.97 Å². The third-order valence-electron chi connectivity index (χ3n) is 2.21. The minimum atomic E-state index is -0.345. The molecule has 1 aromatic rings. The van der Waals surface area contributed by atoms with E-state index in [4.69, 9.17) is 14.2 Å². The van der Waals surface area contributed by atoms with Crippen LogP contribution >= 0.6 is 0 Å². The van der Waals surface area contributed by atoms with Crippen LogP contribution in [0.2, 0.25) is 0 Å². The van der Waals surface area contributed by atoms with Crippen molar-refractivity contribution in [3.8, 4) is 11.5 Å². The van der Waals surface area contributed by atoms with Gasteiger partial charge in [0.25, 0.3) is 0 Å². The molecular formula is C12H12O4. The molecule has 4 heteroatoms. The first-order valence-electron chi connectivity index (χ1n) is 4.90. The lowest BCUT2D eigenvalue weighted by atomic mass is 10.1. The van der Waals surface area contributed by atoms with Crippen molar-refractivity contribution in [1.82, 2.24) is 0 Å². The second kappa shape index (κ2) is 4.26. The SMILES string of the molecule is COc1ccc2c(c1)C(OC(C)=O)=CCO2. The monoisotopic (exact) mass is 220 g/mol. The third kappa shape index (κ3) is 2.00. The lowest BCUT2D eigenvalue weighted by Crippen LogP contribution is -2.08. The molecule has 84 valence electrons. The number of carbonyl (C=O) groups is 1. The van der Waals surface area contributed by atoms with Crippen molar-refractivity contribution in [3.63, 3.8) is 0 Å². The number of hydrogen-bond donors (Lipinski definition) is 0. The Balaban J connectivity index is 2.38. The topological polar surface area (TPSA) is 44.8 Å². The molecule has 0 aromatic heterocycles. The fourth-order valence-corrected chi connectivity index (χ4v) is 1.52. The van der Waals surface area contributed by atoms with Crippen LogP contribution in [0, 0.1) is 0 Å². The largest absolute Gasteiger partial charge is 0.497 e. The molecule has 0 radical (unpaired) electrons. The first-order chi connectivity index (χ1) is 7.70. The van der Waals surface area contributed by atoms with E-state index in [1.807, 2.05) is 0 Å². The van der Waals surface area contributed by atoms with Crippen LogP contribution in [0.3, 0.4) is 0 Å². The smallest absolute Gasteiger partial charge is 0.308 e. The second-order valence-electron chi connectivity index (χ2n) is 3.34. The first-order valence-corrected chi connectivity index (χ1v) is 4.90. The predicted molar refractivity (Wildman–Crippen MR) is 58.2 cm³/mol. The van der Waals surface area contributed by atoms with Gasteiger partial charge in [0.05, 0.1) is 12.7 Å². The lowest BCUT2D eigenvalue weighted by molar-refractivity contribution is -0.134. The summed E-state index contributed by atoms with van der Waals surface area (Å²) >= 11 is 0. The van der Waals surface area contributed by atoms with Crippen LogP contribution in [0.15, 0.2) is 24.3 Å². The number of ether oxygens (including phenoxy) is 3. The molecule has 2 rings (SSSR count). The highest BCUT2D eigenvalue weighted by Crippen LogP contribution is 2.33. The molecule has 0 fully saturated rings. The van der Waals surface area contributed by atoms with Crippen LogP contribution in [-0.2, 0) is 9.53 Å². The Morgan fingerprint density at radius 2 is 2.25 bits per heavy atom. The molecule has 0 bridgehead atoms. The zero-order valence-corrected chi connectivity index (χ0v) is 9.15. The van der Waals surface area contributed by atoms with Gasteiger partial charge in [0, 0.05) is 6.92 Å². The zero-order chi connectivity index (χ0) is 11.5. The van der Waals surface area contributed by atoms with Gasteiger partial charge in [0.15, 0.2) is 0 Å². The van der Waals surface area contributed by atoms with Crippen LogP contribution in [0.25, 0.3) is 5.76 Å². The molecule has 16 heavy (non-hydrogen) atoms. The van der Waals surface area contributed by atoms with Crippen molar-refractivity contribution < 1.29 is 19.0 Å². The van der Waals surface area contributed by atoms with Crippen LogP contribution in [0.1, 0.15) is 12.5 Å². The molecule has 1 aliphatic rings. The van der Waals surface area contributed by atoms with E-state index in [1.165, 1.54) is 6.92 Å². The third-order valence-corrected chi connectivity index (χ3v) is 2.21. The molecule has 0 saturated heterocycles. The maximum atomic E-state index is 10.9. The van der Waals surface area contributed by atoms with Gasteiger partial charge in [-0.2, -0.15) is 0 Å². The zero-order valence-electron chi connectivity index (χ0n) is 9.15. The number of hydrogen-bond acceptors (Lipinski definition) is 4. The van der Waals surface area contributed by atoms with Crippen LogP contribution < -0.4 is 9.47 Å². The number of esters is 1. The second-order valence-corrected chi connectivity index (χ2v) is 3.34. The van der Waals surface area contributed by atoms with Crippen LogP contribution in [0.4, 0.5) is 0 Å². The Morgan fingerprint density at radius 3 is 2.94 bits per heavy atom. The molecule has 1 heterocycles. The minimum absolute atomic E-state index is 0.345. The number of rotatable bonds is 2. The summed E-state index contributed by atoms with van der Waals surface area (Å²) in [7, 11) is 1.58. The van der Waals surface area contributed by atoms with E-state index in [2.05, 4.69) is 0 Å². The predicted octanol–water partition coefficient (Wildman–Crippen LogP) is 1.99. The average Bonchev–Trinajstić information content (AvgIpc) is 2.28. The van der Waals surface area contributed by atoms with Gasteiger partial charge in [-0.3, -0.25) is 4.79 Å². The van der Waals surface area contributed by atoms with E-state index < -0.39 is 0 Å². The Labute approximate surface area is 93.4 Å². The lowest BCUT2D eigenvalue weighted by Gasteiger charge is -2.18. The molecular weight excluding hydrogens is 208 g/mol. The highest BCUT2D eigenvalue weighted by Gasteiger charge is 2.17. The molecule has 0 spiro atoms. The van der Waals surface area contributed by atoms with Gasteiger partial charge < -0.3 is 14.2 Å². The summed E-state index contributed by atoms with van der Waals surface area (Å²) in [5, 5.41) is 0. The first kappa shape index (κ1) is 10.5. The van der Waals surface area contributed by atoms with E-state index in [1.54, 1.807) is 31.4 Å².